The minimum Gasteiger partial charge on any atom is -0.487 e. The number of rotatable bonds is 4. The minimum atomic E-state index is -0.210. The van der Waals surface area contributed by atoms with Crippen molar-refractivity contribution >= 4 is 11.8 Å². The van der Waals surface area contributed by atoms with Crippen LogP contribution in [0.4, 0.5) is 0 Å². The maximum absolute atomic E-state index is 12.6. The van der Waals surface area contributed by atoms with Gasteiger partial charge in [-0.05, 0) is 35.4 Å². The van der Waals surface area contributed by atoms with Crippen molar-refractivity contribution in [3.05, 3.63) is 94.8 Å². The molecule has 0 aromatic heterocycles. The molecule has 3 aliphatic heterocycles. The van der Waals surface area contributed by atoms with E-state index < -0.39 is 0 Å². The van der Waals surface area contributed by atoms with E-state index in [0.717, 1.165) is 28.0 Å². The average Bonchev–Trinajstić information content (AvgIpc) is 3.20. The summed E-state index contributed by atoms with van der Waals surface area (Å²) in [6.07, 6.45) is 5.59. The zero-order chi connectivity index (χ0) is 19.1. The van der Waals surface area contributed by atoms with E-state index in [0.29, 0.717) is 26.2 Å². The van der Waals surface area contributed by atoms with Crippen molar-refractivity contribution in [2.45, 2.75) is 19.2 Å². The molecular formula is C23H20N2O3. The summed E-state index contributed by atoms with van der Waals surface area (Å²) >= 11 is 0. The topological polar surface area (TPSA) is 49.9 Å². The first kappa shape index (κ1) is 16.8. The average molecular weight is 372 g/mol. The lowest BCUT2D eigenvalue weighted by Crippen LogP contribution is -2.35. The number of amides is 2. The number of benzene rings is 2. The van der Waals surface area contributed by atoms with Crippen LogP contribution < -0.4 is 0 Å². The summed E-state index contributed by atoms with van der Waals surface area (Å²) in [4.78, 5) is 28.8. The Bertz CT molecular complexity index is 1020. The highest BCUT2D eigenvalue weighted by atomic mass is 16.5. The fraction of sp³-hybridized carbons (Fsp3) is 0.217. The minimum absolute atomic E-state index is 0.0383. The molecule has 0 N–H and O–H groups in total. The predicted molar refractivity (Wildman–Crippen MR) is 104 cm³/mol. The van der Waals surface area contributed by atoms with Crippen LogP contribution in [0.5, 0.6) is 0 Å². The Morgan fingerprint density at radius 3 is 2.14 bits per heavy atom. The van der Waals surface area contributed by atoms with Crippen LogP contribution in [-0.2, 0) is 17.8 Å². The standard InChI is InChI=1S/C23H20N2O3/c26-22-20-10-3-1-6-16(20)12-24(22)14-18-8-5-9-19(28-18)15-25-13-17-7-2-4-11-21(17)23(25)27/h1-11,18H,12-15H2. The first-order valence-electron chi connectivity index (χ1n) is 9.47. The number of fused-ring (bicyclic) bond motifs is 2. The molecule has 1 atom stereocenters. The molecular weight excluding hydrogens is 352 g/mol. The molecule has 5 rings (SSSR count). The van der Waals surface area contributed by atoms with E-state index in [4.69, 9.17) is 4.74 Å². The second kappa shape index (κ2) is 6.68. The van der Waals surface area contributed by atoms with Crippen LogP contribution in [-0.4, -0.2) is 40.8 Å². The molecule has 0 spiro atoms. The van der Waals surface area contributed by atoms with E-state index in [-0.39, 0.29) is 17.9 Å². The summed E-state index contributed by atoms with van der Waals surface area (Å²) in [5, 5.41) is 0. The van der Waals surface area contributed by atoms with Crippen molar-refractivity contribution in [2.24, 2.45) is 0 Å². The van der Waals surface area contributed by atoms with Crippen molar-refractivity contribution in [1.82, 2.24) is 9.80 Å². The van der Waals surface area contributed by atoms with Gasteiger partial charge in [0.1, 0.15) is 11.9 Å². The van der Waals surface area contributed by atoms with E-state index in [1.807, 2.05) is 71.7 Å². The first-order chi connectivity index (χ1) is 13.7. The fourth-order valence-electron chi connectivity index (χ4n) is 4.06. The normalized spacial score (nSPS) is 20.1. The Balaban J connectivity index is 1.22. The second-order valence-corrected chi connectivity index (χ2v) is 7.34. The predicted octanol–water partition coefficient (Wildman–Crippen LogP) is 3.14. The van der Waals surface area contributed by atoms with Crippen LogP contribution in [0, 0.1) is 0 Å². The number of carbonyl (C=O) groups excluding carboxylic acids is 2. The highest BCUT2D eigenvalue weighted by Gasteiger charge is 2.31. The maximum atomic E-state index is 12.6. The molecule has 0 saturated heterocycles. The molecule has 3 aliphatic rings. The smallest absolute Gasteiger partial charge is 0.254 e. The molecule has 140 valence electrons. The van der Waals surface area contributed by atoms with Crippen molar-refractivity contribution in [3.63, 3.8) is 0 Å². The number of ether oxygens (including phenoxy) is 1. The Morgan fingerprint density at radius 2 is 1.46 bits per heavy atom. The van der Waals surface area contributed by atoms with Gasteiger partial charge < -0.3 is 14.5 Å². The third-order valence-electron chi connectivity index (χ3n) is 5.45. The second-order valence-electron chi connectivity index (χ2n) is 7.34. The molecule has 0 saturated carbocycles. The number of allylic oxidation sites excluding steroid dienone is 2. The van der Waals surface area contributed by atoms with Gasteiger partial charge in [-0.3, -0.25) is 9.59 Å². The quantitative estimate of drug-likeness (QED) is 0.829. The van der Waals surface area contributed by atoms with E-state index >= 15 is 0 Å². The zero-order valence-electron chi connectivity index (χ0n) is 15.4. The molecule has 3 heterocycles. The van der Waals surface area contributed by atoms with E-state index in [1.54, 1.807) is 4.90 Å². The Hall–Kier alpha value is -3.34. The highest BCUT2D eigenvalue weighted by Crippen LogP contribution is 2.26. The van der Waals surface area contributed by atoms with Gasteiger partial charge in [-0.2, -0.15) is 0 Å². The van der Waals surface area contributed by atoms with Gasteiger partial charge in [0.2, 0.25) is 0 Å². The molecule has 0 radical (unpaired) electrons. The van der Waals surface area contributed by atoms with Gasteiger partial charge in [0.15, 0.2) is 0 Å². The summed E-state index contributed by atoms with van der Waals surface area (Å²) in [6, 6.07) is 15.4. The molecule has 2 aromatic carbocycles. The molecule has 2 aromatic rings. The van der Waals surface area contributed by atoms with Gasteiger partial charge >= 0.3 is 0 Å². The third-order valence-corrected chi connectivity index (χ3v) is 5.45. The summed E-state index contributed by atoms with van der Waals surface area (Å²) in [6.45, 7) is 2.14. The first-order valence-corrected chi connectivity index (χ1v) is 9.47. The molecule has 0 bridgehead atoms. The van der Waals surface area contributed by atoms with Crippen LogP contribution in [0.2, 0.25) is 0 Å². The molecule has 0 aliphatic carbocycles. The summed E-state index contributed by atoms with van der Waals surface area (Å²) in [5.74, 6) is 0.836. The van der Waals surface area contributed by atoms with Gasteiger partial charge in [-0.1, -0.05) is 42.5 Å². The Morgan fingerprint density at radius 1 is 0.857 bits per heavy atom. The number of hydrogen-bond acceptors (Lipinski definition) is 3. The van der Waals surface area contributed by atoms with Crippen LogP contribution in [0.1, 0.15) is 31.8 Å². The fourth-order valence-corrected chi connectivity index (χ4v) is 4.06. The van der Waals surface area contributed by atoms with E-state index in [1.165, 1.54) is 0 Å². The van der Waals surface area contributed by atoms with Gasteiger partial charge in [0.25, 0.3) is 11.8 Å². The van der Waals surface area contributed by atoms with Gasteiger partial charge in [-0.15, -0.1) is 0 Å². The van der Waals surface area contributed by atoms with Crippen molar-refractivity contribution in [3.8, 4) is 0 Å². The van der Waals surface area contributed by atoms with Crippen LogP contribution in [0.15, 0.2) is 72.5 Å². The van der Waals surface area contributed by atoms with Crippen LogP contribution >= 0.6 is 0 Å². The zero-order valence-corrected chi connectivity index (χ0v) is 15.4. The molecule has 5 nitrogen and oxygen atoms in total. The van der Waals surface area contributed by atoms with Gasteiger partial charge in [0, 0.05) is 24.2 Å². The lowest BCUT2D eigenvalue weighted by atomic mass is 10.1. The third kappa shape index (κ3) is 2.89. The largest absolute Gasteiger partial charge is 0.487 e. The van der Waals surface area contributed by atoms with Crippen LogP contribution in [0.25, 0.3) is 0 Å². The molecule has 2 amide bonds. The highest BCUT2D eigenvalue weighted by molar-refractivity contribution is 5.99. The summed E-state index contributed by atoms with van der Waals surface area (Å²) < 4.78 is 6.09. The Labute approximate surface area is 163 Å². The molecule has 28 heavy (non-hydrogen) atoms. The molecule has 0 fully saturated rings. The van der Waals surface area contributed by atoms with Crippen molar-refractivity contribution < 1.29 is 14.3 Å². The van der Waals surface area contributed by atoms with E-state index in [2.05, 4.69) is 0 Å². The molecule has 5 heteroatoms. The van der Waals surface area contributed by atoms with Crippen molar-refractivity contribution in [1.29, 1.82) is 0 Å². The van der Waals surface area contributed by atoms with E-state index in [9.17, 15) is 9.59 Å². The lowest BCUT2D eigenvalue weighted by molar-refractivity contribution is 0.0582. The van der Waals surface area contributed by atoms with Crippen LogP contribution in [0.3, 0.4) is 0 Å². The number of hydrogen-bond donors (Lipinski definition) is 0. The molecule has 1 unspecified atom stereocenters. The Kier molecular flexibility index (Phi) is 4.01. The summed E-state index contributed by atoms with van der Waals surface area (Å²) in [5.41, 5.74) is 3.66. The SMILES string of the molecule is O=C1c2ccccc2CN1CC1=CC=CC(CN2Cc3ccccc3C2=O)O1. The van der Waals surface area contributed by atoms with Gasteiger partial charge in [-0.25, -0.2) is 0 Å². The number of nitrogens with zero attached hydrogens (tertiary/aromatic N) is 2. The number of carbonyl (C=O) groups is 2. The maximum Gasteiger partial charge on any atom is 0.254 e. The van der Waals surface area contributed by atoms with Crippen molar-refractivity contribution in [2.75, 3.05) is 13.1 Å². The summed E-state index contributed by atoms with van der Waals surface area (Å²) in [7, 11) is 0. The lowest BCUT2D eigenvalue weighted by Gasteiger charge is -2.27. The monoisotopic (exact) mass is 372 g/mol. The van der Waals surface area contributed by atoms with Gasteiger partial charge in [0.05, 0.1) is 13.1 Å².